The number of aliphatic hydroxyl groups is 1. The highest BCUT2D eigenvalue weighted by Crippen LogP contribution is 2.41. The Bertz CT molecular complexity index is 421. The predicted molar refractivity (Wildman–Crippen MR) is 71.7 cm³/mol. The molecule has 2 nitrogen and oxygen atoms in total. The van der Waals surface area contributed by atoms with E-state index in [9.17, 15) is 5.11 Å². The summed E-state index contributed by atoms with van der Waals surface area (Å²) in [4.78, 5) is 0. The summed E-state index contributed by atoms with van der Waals surface area (Å²) in [5.74, 6) is 0.526. The summed E-state index contributed by atoms with van der Waals surface area (Å²) in [7, 11) is 0. The van der Waals surface area contributed by atoms with E-state index < -0.39 is 0 Å². The van der Waals surface area contributed by atoms with Crippen molar-refractivity contribution in [2.75, 3.05) is 6.61 Å². The molecule has 0 spiro atoms. The zero-order chi connectivity index (χ0) is 12.6. The third-order valence-corrected chi connectivity index (χ3v) is 4.67. The van der Waals surface area contributed by atoms with E-state index in [4.69, 9.17) is 4.74 Å². The lowest BCUT2D eigenvalue weighted by Crippen LogP contribution is -2.45. The van der Waals surface area contributed by atoms with Crippen molar-refractivity contribution in [2.24, 2.45) is 0 Å². The van der Waals surface area contributed by atoms with Gasteiger partial charge >= 0.3 is 0 Å². The highest BCUT2D eigenvalue weighted by atomic mass is 16.5. The second-order valence-electron chi connectivity index (χ2n) is 5.97. The maximum atomic E-state index is 10.5. The Kier molecular flexibility index (Phi) is 3.16. The average molecular weight is 246 g/mol. The van der Waals surface area contributed by atoms with Gasteiger partial charge in [-0.05, 0) is 56.1 Å². The number of hydrogen-bond donors (Lipinski definition) is 1. The molecule has 1 aromatic rings. The summed E-state index contributed by atoms with van der Waals surface area (Å²) in [5.41, 5.74) is 2.56. The lowest BCUT2D eigenvalue weighted by molar-refractivity contribution is -0.139. The summed E-state index contributed by atoms with van der Waals surface area (Å²) < 4.78 is 5.83. The Morgan fingerprint density at radius 3 is 2.94 bits per heavy atom. The summed E-state index contributed by atoms with van der Waals surface area (Å²) in [5, 5.41) is 10.5. The van der Waals surface area contributed by atoms with Crippen LogP contribution in [0.2, 0.25) is 0 Å². The van der Waals surface area contributed by atoms with Crippen LogP contribution in [0, 0.1) is 0 Å². The fraction of sp³-hybridized carbons (Fsp3) is 0.625. The van der Waals surface area contributed by atoms with Crippen LogP contribution in [0.5, 0.6) is 0 Å². The van der Waals surface area contributed by atoms with Crippen molar-refractivity contribution in [2.45, 2.75) is 56.7 Å². The van der Waals surface area contributed by atoms with Gasteiger partial charge in [-0.15, -0.1) is 0 Å². The minimum atomic E-state index is -0.337. The Morgan fingerprint density at radius 1 is 1.39 bits per heavy atom. The quantitative estimate of drug-likeness (QED) is 0.888. The van der Waals surface area contributed by atoms with Crippen LogP contribution in [-0.2, 0) is 11.2 Å². The van der Waals surface area contributed by atoms with Crippen molar-refractivity contribution >= 4 is 0 Å². The average Bonchev–Trinajstić information content (AvgIpc) is 2.36. The lowest BCUT2D eigenvalue weighted by Gasteiger charge is -2.41. The molecule has 1 N–H and O–H groups in total. The molecule has 1 heterocycles. The van der Waals surface area contributed by atoms with E-state index in [2.05, 4.69) is 31.2 Å². The molecule has 0 aromatic heterocycles. The van der Waals surface area contributed by atoms with Crippen molar-refractivity contribution in [3.63, 3.8) is 0 Å². The summed E-state index contributed by atoms with van der Waals surface area (Å²) in [6.45, 7) is 2.87. The number of rotatable bonds is 3. The lowest BCUT2D eigenvalue weighted by atomic mass is 9.72. The van der Waals surface area contributed by atoms with Gasteiger partial charge < -0.3 is 9.84 Å². The first kappa shape index (κ1) is 12.2. The molecule has 1 saturated heterocycles. The van der Waals surface area contributed by atoms with Crippen LogP contribution in [0.25, 0.3) is 0 Å². The number of aliphatic hydroxyl groups excluding tert-OH is 1. The zero-order valence-electron chi connectivity index (χ0n) is 11.1. The molecule has 1 aliphatic heterocycles. The van der Waals surface area contributed by atoms with Gasteiger partial charge in [-0.1, -0.05) is 24.3 Å². The zero-order valence-corrected chi connectivity index (χ0v) is 11.1. The second kappa shape index (κ2) is 4.67. The van der Waals surface area contributed by atoms with Gasteiger partial charge in [0.1, 0.15) is 0 Å². The Balaban J connectivity index is 1.64. The Morgan fingerprint density at radius 2 is 2.22 bits per heavy atom. The van der Waals surface area contributed by atoms with Crippen molar-refractivity contribution in [1.29, 1.82) is 0 Å². The summed E-state index contributed by atoms with van der Waals surface area (Å²) in [6, 6.07) is 8.57. The largest absolute Gasteiger partial charge is 0.390 e. The molecule has 0 amide bonds. The van der Waals surface area contributed by atoms with E-state index in [-0.39, 0.29) is 11.7 Å². The van der Waals surface area contributed by atoms with Crippen molar-refractivity contribution in [3.05, 3.63) is 35.4 Å². The number of fused-ring (bicyclic) bond motifs is 1. The van der Waals surface area contributed by atoms with E-state index in [0.29, 0.717) is 5.92 Å². The van der Waals surface area contributed by atoms with Gasteiger partial charge in [0, 0.05) is 6.61 Å². The van der Waals surface area contributed by atoms with Crippen molar-refractivity contribution < 1.29 is 9.84 Å². The normalized spacial score (nSPS) is 32.4. The molecule has 3 rings (SSSR count). The van der Waals surface area contributed by atoms with Gasteiger partial charge in [0.2, 0.25) is 0 Å². The van der Waals surface area contributed by atoms with Crippen LogP contribution in [0.15, 0.2) is 24.3 Å². The fourth-order valence-corrected chi connectivity index (χ4v) is 3.31. The van der Waals surface area contributed by atoms with Crippen LogP contribution in [-0.4, -0.2) is 23.4 Å². The van der Waals surface area contributed by atoms with Crippen molar-refractivity contribution in [1.82, 2.24) is 0 Å². The molecular formula is C16H22O2. The molecule has 1 aromatic carbocycles. The molecule has 3 unspecified atom stereocenters. The maximum Gasteiger partial charge on any atom is 0.0912 e. The Labute approximate surface area is 109 Å². The third kappa shape index (κ3) is 2.08. The molecule has 1 fully saturated rings. The van der Waals surface area contributed by atoms with Crippen LogP contribution in [0.3, 0.4) is 0 Å². The second-order valence-corrected chi connectivity index (χ2v) is 5.97. The molecule has 1 aliphatic carbocycles. The molecule has 2 heteroatoms. The molecule has 18 heavy (non-hydrogen) atoms. The van der Waals surface area contributed by atoms with Gasteiger partial charge in [-0.2, -0.15) is 0 Å². The van der Waals surface area contributed by atoms with Gasteiger partial charge in [-0.25, -0.2) is 0 Å². The number of ether oxygens (including phenoxy) is 1. The molecule has 0 radical (unpaired) electrons. The molecular weight excluding hydrogens is 224 g/mol. The van der Waals surface area contributed by atoms with Crippen LogP contribution < -0.4 is 0 Å². The van der Waals surface area contributed by atoms with Gasteiger partial charge in [0.15, 0.2) is 0 Å². The van der Waals surface area contributed by atoms with E-state index >= 15 is 0 Å². The first-order valence-electron chi connectivity index (χ1n) is 7.09. The standard InChI is InChI=1S/C16H22O2/c1-16(8-4-5-9-18-16)15(17)11-13-10-12-6-2-3-7-14(12)13/h2-3,6-7,13,15,17H,4-5,8-11H2,1H3. The topological polar surface area (TPSA) is 29.5 Å². The van der Waals surface area contributed by atoms with Crippen LogP contribution >= 0.6 is 0 Å². The van der Waals surface area contributed by atoms with E-state index in [1.165, 1.54) is 17.5 Å². The maximum absolute atomic E-state index is 10.5. The summed E-state index contributed by atoms with van der Waals surface area (Å²) >= 11 is 0. The fourth-order valence-electron chi connectivity index (χ4n) is 3.31. The molecule has 0 saturated carbocycles. The molecule has 3 atom stereocenters. The van der Waals surface area contributed by atoms with Gasteiger partial charge in [0.25, 0.3) is 0 Å². The molecule has 0 bridgehead atoms. The minimum Gasteiger partial charge on any atom is -0.390 e. The van der Waals surface area contributed by atoms with E-state index in [0.717, 1.165) is 32.3 Å². The van der Waals surface area contributed by atoms with Crippen LogP contribution in [0.4, 0.5) is 0 Å². The smallest absolute Gasteiger partial charge is 0.0912 e. The Hall–Kier alpha value is -0.860. The predicted octanol–water partition coefficient (Wildman–Crippen LogP) is 3.04. The monoisotopic (exact) mass is 246 g/mol. The van der Waals surface area contributed by atoms with E-state index in [1.807, 2.05) is 0 Å². The van der Waals surface area contributed by atoms with E-state index in [1.54, 1.807) is 0 Å². The SMILES string of the molecule is CC1(C(O)CC2Cc3ccccc32)CCCCO1. The van der Waals surface area contributed by atoms with Gasteiger partial charge in [0.05, 0.1) is 11.7 Å². The van der Waals surface area contributed by atoms with Crippen LogP contribution in [0.1, 0.15) is 49.7 Å². The van der Waals surface area contributed by atoms with Crippen molar-refractivity contribution in [3.8, 4) is 0 Å². The minimum absolute atomic E-state index is 0.317. The highest BCUT2D eigenvalue weighted by molar-refractivity contribution is 5.39. The number of hydrogen-bond acceptors (Lipinski definition) is 2. The first-order valence-corrected chi connectivity index (χ1v) is 7.09. The summed E-state index contributed by atoms with van der Waals surface area (Å²) in [6.07, 6.45) is 4.92. The van der Waals surface area contributed by atoms with Gasteiger partial charge in [-0.3, -0.25) is 0 Å². The molecule has 2 aliphatic rings. The number of benzene rings is 1. The third-order valence-electron chi connectivity index (χ3n) is 4.67. The highest BCUT2D eigenvalue weighted by Gasteiger charge is 2.39. The first-order chi connectivity index (χ1) is 8.69. The molecule has 98 valence electrons.